The summed E-state index contributed by atoms with van der Waals surface area (Å²) in [7, 11) is 0. The SMILES string of the molecule is C=C[C@H](c1cc(I)c(O)c(I)c1)N1CCNCC1. The van der Waals surface area contributed by atoms with Crippen molar-refractivity contribution in [2.45, 2.75) is 6.04 Å². The second-order valence-electron chi connectivity index (χ2n) is 4.30. The Morgan fingerprint density at radius 1 is 1.28 bits per heavy atom. The van der Waals surface area contributed by atoms with Crippen LogP contribution in [0, 0.1) is 7.14 Å². The zero-order valence-corrected chi connectivity index (χ0v) is 14.3. The Kier molecular flexibility index (Phi) is 5.28. The zero-order valence-electron chi connectivity index (χ0n) is 10.00. The minimum absolute atomic E-state index is 0.231. The fraction of sp³-hybridized carbons (Fsp3) is 0.385. The molecule has 0 aliphatic carbocycles. The van der Waals surface area contributed by atoms with Gasteiger partial charge in [0.25, 0.3) is 0 Å². The van der Waals surface area contributed by atoms with Crippen molar-refractivity contribution < 1.29 is 5.11 Å². The number of piperazine rings is 1. The topological polar surface area (TPSA) is 35.5 Å². The van der Waals surface area contributed by atoms with Gasteiger partial charge in [-0.2, -0.15) is 0 Å². The van der Waals surface area contributed by atoms with Crippen LogP contribution in [0.25, 0.3) is 0 Å². The molecule has 0 bridgehead atoms. The summed E-state index contributed by atoms with van der Waals surface area (Å²) in [6.45, 7) is 8.08. The first-order chi connectivity index (χ1) is 8.63. The summed E-state index contributed by atoms with van der Waals surface area (Å²) in [5.41, 5.74) is 1.21. The molecule has 0 radical (unpaired) electrons. The molecule has 0 unspecified atom stereocenters. The highest BCUT2D eigenvalue weighted by atomic mass is 127. The van der Waals surface area contributed by atoms with Gasteiger partial charge in [-0.25, -0.2) is 0 Å². The van der Waals surface area contributed by atoms with Crippen LogP contribution in [0.5, 0.6) is 5.75 Å². The lowest BCUT2D eigenvalue weighted by molar-refractivity contribution is 0.203. The van der Waals surface area contributed by atoms with Crippen LogP contribution in [0.2, 0.25) is 0 Å². The van der Waals surface area contributed by atoms with E-state index in [1.54, 1.807) is 0 Å². The van der Waals surface area contributed by atoms with Crippen molar-refractivity contribution in [1.29, 1.82) is 0 Å². The monoisotopic (exact) mass is 470 g/mol. The lowest BCUT2D eigenvalue weighted by atomic mass is 10.0. The number of rotatable bonds is 3. The van der Waals surface area contributed by atoms with E-state index in [-0.39, 0.29) is 6.04 Å². The third-order valence-corrected chi connectivity index (χ3v) is 4.79. The molecule has 1 aromatic carbocycles. The van der Waals surface area contributed by atoms with Crippen molar-refractivity contribution >= 4 is 45.2 Å². The van der Waals surface area contributed by atoms with Gasteiger partial charge in [0.05, 0.1) is 13.2 Å². The summed E-state index contributed by atoms with van der Waals surface area (Å²) in [4.78, 5) is 2.42. The van der Waals surface area contributed by atoms with Crippen LogP contribution >= 0.6 is 45.2 Å². The molecule has 0 amide bonds. The normalized spacial score (nSPS) is 18.6. The second kappa shape index (κ2) is 6.53. The van der Waals surface area contributed by atoms with Crippen molar-refractivity contribution in [3.63, 3.8) is 0 Å². The van der Waals surface area contributed by atoms with Crippen LogP contribution in [-0.2, 0) is 0 Å². The van der Waals surface area contributed by atoms with Gasteiger partial charge in [0, 0.05) is 26.2 Å². The number of benzene rings is 1. The molecule has 1 atom stereocenters. The lowest BCUT2D eigenvalue weighted by Crippen LogP contribution is -2.44. The van der Waals surface area contributed by atoms with Gasteiger partial charge < -0.3 is 10.4 Å². The number of aromatic hydroxyl groups is 1. The summed E-state index contributed by atoms with van der Waals surface area (Å²) in [5, 5.41) is 13.2. The fourth-order valence-electron chi connectivity index (χ4n) is 2.21. The van der Waals surface area contributed by atoms with Gasteiger partial charge in [-0.3, -0.25) is 4.90 Å². The Bertz CT molecular complexity index is 422. The highest BCUT2D eigenvalue weighted by Crippen LogP contribution is 2.32. The van der Waals surface area contributed by atoms with E-state index in [4.69, 9.17) is 0 Å². The number of hydrogen-bond acceptors (Lipinski definition) is 3. The third kappa shape index (κ3) is 3.17. The Labute approximate surface area is 135 Å². The molecule has 0 aromatic heterocycles. The fourth-order valence-corrected chi connectivity index (χ4v) is 4.03. The van der Waals surface area contributed by atoms with E-state index in [2.05, 4.69) is 62.0 Å². The van der Waals surface area contributed by atoms with Gasteiger partial charge in [0.1, 0.15) is 5.75 Å². The highest BCUT2D eigenvalue weighted by molar-refractivity contribution is 14.1. The van der Waals surface area contributed by atoms with E-state index in [1.165, 1.54) is 5.56 Å². The average molecular weight is 470 g/mol. The van der Waals surface area contributed by atoms with E-state index in [9.17, 15) is 5.11 Å². The predicted octanol–water partition coefficient (Wildman–Crippen LogP) is 2.73. The Morgan fingerprint density at radius 2 is 1.83 bits per heavy atom. The molecule has 1 fully saturated rings. The van der Waals surface area contributed by atoms with E-state index in [1.807, 2.05) is 18.2 Å². The van der Waals surface area contributed by atoms with Crippen molar-refractivity contribution in [3.05, 3.63) is 37.5 Å². The highest BCUT2D eigenvalue weighted by Gasteiger charge is 2.20. The largest absolute Gasteiger partial charge is 0.506 e. The smallest absolute Gasteiger partial charge is 0.142 e. The van der Waals surface area contributed by atoms with E-state index < -0.39 is 0 Å². The summed E-state index contributed by atoms with van der Waals surface area (Å²) in [6, 6.07) is 4.33. The van der Waals surface area contributed by atoms with E-state index >= 15 is 0 Å². The van der Waals surface area contributed by atoms with Crippen LogP contribution < -0.4 is 5.32 Å². The first-order valence-electron chi connectivity index (χ1n) is 5.88. The molecule has 1 aliphatic rings. The summed E-state index contributed by atoms with van der Waals surface area (Å²) in [6.07, 6.45) is 1.99. The van der Waals surface area contributed by atoms with Crippen molar-refractivity contribution in [2.75, 3.05) is 26.2 Å². The minimum Gasteiger partial charge on any atom is -0.506 e. The van der Waals surface area contributed by atoms with Crippen LogP contribution in [0.15, 0.2) is 24.8 Å². The molecule has 1 heterocycles. The molecule has 1 aliphatic heterocycles. The standard InChI is InChI=1S/C13H16I2N2O/c1-2-12(17-5-3-16-4-6-17)9-7-10(14)13(18)11(15)8-9/h2,7-8,12,16,18H,1,3-6H2/t12-/m1/s1. The molecular formula is C13H16I2N2O. The number of nitrogens with one attached hydrogen (secondary N) is 1. The number of phenols is 1. The van der Waals surface area contributed by atoms with Gasteiger partial charge in [-0.05, 0) is 62.9 Å². The van der Waals surface area contributed by atoms with Crippen LogP contribution in [0.4, 0.5) is 0 Å². The molecule has 0 spiro atoms. The molecular weight excluding hydrogens is 454 g/mol. The molecule has 5 heteroatoms. The summed E-state index contributed by atoms with van der Waals surface area (Å²) < 4.78 is 1.80. The first-order valence-corrected chi connectivity index (χ1v) is 8.04. The molecule has 2 rings (SSSR count). The third-order valence-electron chi connectivity index (χ3n) is 3.15. The molecule has 2 N–H and O–H groups in total. The van der Waals surface area contributed by atoms with Gasteiger partial charge in [0.2, 0.25) is 0 Å². The maximum absolute atomic E-state index is 9.83. The summed E-state index contributed by atoms with van der Waals surface area (Å²) >= 11 is 4.35. The molecule has 0 saturated carbocycles. The molecule has 3 nitrogen and oxygen atoms in total. The minimum atomic E-state index is 0.231. The lowest BCUT2D eigenvalue weighted by Gasteiger charge is -2.33. The predicted molar refractivity (Wildman–Crippen MR) is 90.9 cm³/mol. The first kappa shape index (κ1) is 14.5. The quantitative estimate of drug-likeness (QED) is 0.528. The number of phenolic OH excluding ortho intramolecular Hbond substituents is 1. The average Bonchev–Trinajstić information content (AvgIpc) is 2.38. The summed E-state index contributed by atoms with van der Waals surface area (Å²) in [5.74, 6) is 0.378. The second-order valence-corrected chi connectivity index (χ2v) is 6.62. The van der Waals surface area contributed by atoms with Crippen molar-refractivity contribution in [3.8, 4) is 5.75 Å². The maximum Gasteiger partial charge on any atom is 0.142 e. The Balaban J connectivity index is 2.29. The van der Waals surface area contributed by atoms with Crippen LogP contribution in [-0.4, -0.2) is 36.2 Å². The number of nitrogens with zero attached hydrogens (tertiary/aromatic N) is 1. The van der Waals surface area contributed by atoms with Crippen LogP contribution in [0.3, 0.4) is 0 Å². The van der Waals surface area contributed by atoms with Gasteiger partial charge in [-0.1, -0.05) is 6.08 Å². The number of hydrogen-bond donors (Lipinski definition) is 2. The van der Waals surface area contributed by atoms with Crippen LogP contribution in [0.1, 0.15) is 11.6 Å². The van der Waals surface area contributed by atoms with E-state index in [0.717, 1.165) is 33.3 Å². The zero-order chi connectivity index (χ0) is 13.1. The molecule has 18 heavy (non-hydrogen) atoms. The van der Waals surface area contributed by atoms with E-state index in [0.29, 0.717) is 5.75 Å². The van der Waals surface area contributed by atoms with Gasteiger partial charge >= 0.3 is 0 Å². The Morgan fingerprint density at radius 3 is 2.33 bits per heavy atom. The number of halogens is 2. The molecule has 98 valence electrons. The van der Waals surface area contributed by atoms with Crippen molar-refractivity contribution in [2.24, 2.45) is 0 Å². The molecule has 1 aromatic rings. The molecule has 1 saturated heterocycles. The Hall–Kier alpha value is 0.140. The maximum atomic E-state index is 9.83. The van der Waals surface area contributed by atoms with Gasteiger partial charge in [-0.15, -0.1) is 6.58 Å². The van der Waals surface area contributed by atoms with Crippen molar-refractivity contribution in [1.82, 2.24) is 10.2 Å². The van der Waals surface area contributed by atoms with Gasteiger partial charge in [0.15, 0.2) is 0 Å².